The van der Waals surface area contributed by atoms with Gasteiger partial charge in [-0.25, -0.2) is 9.59 Å². The molecule has 2 aromatic rings. The molecule has 1 aromatic heterocycles. The number of furan rings is 1. The number of hydrogen-bond acceptors (Lipinski definition) is 9. The van der Waals surface area contributed by atoms with E-state index in [2.05, 4.69) is 9.47 Å². The SMILES string of the molecule is COC(=O)OCC(COC(=O)OC)c1cc(-c2ccco2)ccc1[N+](=O)[O-]. The standard InChI is InChI=1S/C17H17NO9/c1-23-16(19)26-9-12(10-27-17(20)24-2)13-8-11(15-4-3-7-25-15)5-6-14(13)18(21)22/h3-8,12H,9-10H2,1-2H3. The topological polar surface area (TPSA) is 127 Å². The molecule has 0 N–H and O–H groups in total. The second kappa shape index (κ2) is 9.22. The largest absolute Gasteiger partial charge is 0.508 e. The van der Waals surface area contributed by atoms with Gasteiger partial charge in [-0.15, -0.1) is 0 Å². The fourth-order valence-corrected chi connectivity index (χ4v) is 2.33. The van der Waals surface area contributed by atoms with Crippen LogP contribution < -0.4 is 0 Å². The van der Waals surface area contributed by atoms with Gasteiger partial charge in [0.05, 0.1) is 31.3 Å². The third-order valence-corrected chi connectivity index (χ3v) is 3.61. The van der Waals surface area contributed by atoms with Crippen molar-refractivity contribution >= 4 is 18.0 Å². The highest BCUT2D eigenvalue weighted by Crippen LogP contribution is 2.32. The molecule has 0 fully saturated rings. The van der Waals surface area contributed by atoms with Crippen molar-refractivity contribution in [3.63, 3.8) is 0 Å². The van der Waals surface area contributed by atoms with Crippen LogP contribution in [0.2, 0.25) is 0 Å². The van der Waals surface area contributed by atoms with E-state index in [9.17, 15) is 19.7 Å². The van der Waals surface area contributed by atoms with Crippen molar-refractivity contribution in [2.45, 2.75) is 5.92 Å². The molecule has 144 valence electrons. The first kappa shape index (κ1) is 19.8. The number of ether oxygens (including phenoxy) is 4. The van der Waals surface area contributed by atoms with Crippen LogP contribution in [0.3, 0.4) is 0 Å². The monoisotopic (exact) mass is 379 g/mol. The summed E-state index contributed by atoms with van der Waals surface area (Å²) in [6, 6.07) is 7.71. The van der Waals surface area contributed by atoms with Crippen molar-refractivity contribution in [2.75, 3.05) is 27.4 Å². The van der Waals surface area contributed by atoms with Crippen LogP contribution in [0.15, 0.2) is 41.0 Å². The summed E-state index contributed by atoms with van der Waals surface area (Å²) in [5.41, 5.74) is 0.542. The highest BCUT2D eigenvalue weighted by atomic mass is 16.7. The fraction of sp³-hybridized carbons (Fsp3) is 0.294. The van der Waals surface area contributed by atoms with Gasteiger partial charge >= 0.3 is 12.3 Å². The third kappa shape index (κ3) is 5.21. The Labute approximate surface area is 153 Å². The molecule has 0 aliphatic heterocycles. The summed E-state index contributed by atoms with van der Waals surface area (Å²) >= 11 is 0. The van der Waals surface area contributed by atoms with Crippen LogP contribution in [0.5, 0.6) is 0 Å². The smallest absolute Gasteiger partial charge is 0.464 e. The molecule has 1 heterocycles. The summed E-state index contributed by atoms with van der Waals surface area (Å²) in [6.45, 7) is -0.627. The van der Waals surface area contributed by atoms with Gasteiger partial charge in [0, 0.05) is 17.2 Å². The Morgan fingerprint density at radius 3 is 2.22 bits per heavy atom. The quantitative estimate of drug-likeness (QED) is 0.403. The number of rotatable bonds is 7. The van der Waals surface area contributed by atoms with E-state index in [1.54, 1.807) is 12.1 Å². The van der Waals surface area contributed by atoms with Crippen LogP contribution in [0.1, 0.15) is 11.5 Å². The number of nitro groups is 1. The lowest BCUT2D eigenvalue weighted by atomic mass is 9.96. The van der Waals surface area contributed by atoms with Crippen molar-refractivity contribution in [3.05, 3.63) is 52.3 Å². The zero-order valence-electron chi connectivity index (χ0n) is 14.6. The van der Waals surface area contributed by atoms with Gasteiger partial charge in [0.1, 0.15) is 19.0 Å². The van der Waals surface area contributed by atoms with Crippen LogP contribution in [0.4, 0.5) is 15.3 Å². The fourth-order valence-electron chi connectivity index (χ4n) is 2.33. The van der Waals surface area contributed by atoms with Gasteiger partial charge in [0.2, 0.25) is 0 Å². The summed E-state index contributed by atoms with van der Waals surface area (Å²) in [5, 5.41) is 11.4. The number of hydrogen-bond donors (Lipinski definition) is 0. The Balaban J connectivity index is 2.39. The summed E-state index contributed by atoms with van der Waals surface area (Å²) < 4.78 is 23.9. The molecule has 0 saturated carbocycles. The van der Waals surface area contributed by atoms with E-state index in [1.165, 1.54) is 24.5 Å². The Morgan fingerprint density at radius 2 is 1.74 bits per heavy atom. The number of nitrogens with zero attached hydrogens (tertiary/aromatic N) is 1. The second-order valence-corrected chi connectivity index (χ2v) is 5.24. The maximum absolute atomic E-state index is 11.4. The average Bonchev–Trinajstić information content (AvgIpc) is 3.21. The lowest BCUT2D eigenvalue weighted by Crippen LogP contribution is -2.20. The molecule has 0 aliphatic rings. The molecule has 27 heavy (non-hydrogen) atoms. The van der Waals surface area contributed by atoms with Gasteiger partial charge in [0.15, 0.2) is 0 Å². The summed E-state index contributed by atoms with van der Waals surface area (Å²) in [5.74, 6) is -0.341. The predicted octanol–water partition coefficient (Wildman–Crippen LogP) is 3.50. The summed E-state index contributed by atoms with van der Waals surface area (Å²) in [4.78, 5) is 33.4. The van der Waals surface area contributed by atoms with E-state index in [1.807, 2.05) is 0 Å². The maximum Gasteiger partial charge on any atom is 0.508 e. The minimum Gasteiger partial charge on any atom is -0.464 e. The van der Waals surface area contributed by atoms with Crippen molar-refractivity contribution in [1.29, 1.82) is 0 Å². The average molecular weight is 379 g/mol. The first-order chi connectivity index (χ1) is 13.0. The normalized spacial score (nSPS) is 10.3. The lowest BCUT2D eigenvalue weighted by molar-refractivity contribution is -0.385. The highest BCUT2D eigenvalue weighted by molar-refractivity contribution is 5.64. The Bertz CT molecular complexity index is 781. The molecule has 0 bridgehead atoms. The number of nitro benzene ring substituents is 1. The molecule has 0 amide bonds. The van der Waals surface area contributed by atoms with Crippen molar-refractivity contribution < 1.29 is 37.9 Å². The molecule has 0 spiro atoms. The van der Waals surface area contributed by atoms with E-state index in [0.717, 1.165) is 14.2 Å². The number of benzene rings is 1. The molecular formula is C17H17NO9. The van der Waals surface area contributed by atoms with Gasteiger partial charge < -0.3 is 23.4 Å². The van der Waals surface area contributed by atoms with Crippen molar-refractivity contribution in [1.82, 2.24) is 0 Å². The molecular weight excluding hydrogens is 362 g/mol. The number of carbonyl (C=O) groups is 2. The molecule has 0 aliphatic carbocycles. The second-order valence-electron chi connectivity index (χ2n) is 5.24. The van der Waals surface area contributed by atoms with Crippen LogP contribution in [0, 0.1) is 10.1 Å². The Hall–Kier alpha value is -3.56. The van der Waals surface area contributed by atoms with Gasteiger partial charge in [0.25, 0.3) is 5.69 Å². The van der Waals surface area contributed by atoms with E-state index in [-0.39, 0.29) is 24.5 Å². The van der Waals surface area contributed by atoms with Gasteiger partial charge in [-0.05, 0) is 24.3 Å². The maximum atomic E-state index is 11.4. The first-order valence-corrected chi connectivity index (χ1v) is 7.70. The van der Waals surface area contributed by atoms with Crippen LogP contribution in [-0.2, 0) is 18.9 Å². The highest BCUT2D eigenvalue weighted by Gasteiger charge is 2.26. The zero-order valence-corrected chi connectivity index (χ0v) is 14.6. The van der Waals surface area contributed by atoms with Crippen molar-refractivity contribution in [3.8, 4) is 11.3 Å². The zero-order chi connectivity index (χ0) is 19.8. The molecule has 0 unspecified atom stereocenters. The first-order valence-electron chi connectivity index (χ1n) is 7.70. The molecule has 0 saturated heterocycles. The van der Waals surface area contributed by atoms with E-state index in [4.69, 9.17) is 13.9 Å². The number of methoxy groups -OCH3 is 2. The molecule has 0 radical (unpaired) electrons. The Kier molecular flexibility index (Phi) is 6.75. The number of carbonyl (C=O) groups excluding carboxylic acids is 2. The van der Waals surface area contributed by atoms with Gasteiger partial charge in [-0.3, -0.25) is 10.1 Å². The predicted molar refractivity (Wildman–Crippen MR) is 90.3 cm³/mol. The summed E-state index contributed by atoms with van der Waals surface area (Å²) in [7, 11) is 2.25. The third-order valence-electron chi connectivity index (χ3n) is 3.61. The molecule has 10 nitrogen and oxygen atoms in total. The lowest BCUT2D eigenvalue weighted by Gasteiger charge is -2.17. The van der Waals surface area contributed by atoms with Gasteiger partial charge in [-0.1, -0.05) is 0 Å². The van der Waals surface area contributed by atoms with Crippen LogP contribution >= 0.6 is 0 Å². The molecule has 1 aromatic carbocycles. The van der Waals surface area contributed by atoms with Crippen LogP contribution in [0.25, 0.3) is 11.3 Å². The summed E-state index contributed by atoms with van der Waals surface area (Å²) in [6.07, 6.45) is -0.472. The Morgan fingerprint density at radius 1 is 1.11 bits per heavy atom. The van der Waals surface area contributed by atoms with E-state index >= 15 is 0 Å². The van der Waals surface area contributed by atoms with Crippen molar-refractivity contribution in [2.24, 2.45) is 0 Å². The van der Waals surface area contributed by atoms with Crippen LogP contribution in [-0.4, -0.2) is 44.7 Å². The molecule has 2 rings (SSSR count). The molecule has 0 atom stereocenters. The van der Waals surface area contributed by atoms with Gasteiger partial charge in [-0.2, -0.15) is 0 Å². The minimum atomic E-state index is -0.970. The minimum absolute atomic E-state index is 0.196. The van der Waals surface area contributed by atoms with E-state index < -0.39 is 23.2 Å². The molecule has 10 heteroatoms. The van der Waals surface area contributed by atoms with E-state index in [0.29, 0.717) is 11.3 Å².